The smallest absolute Gasteiger partial charge is 0.0543 e. The van der Waals surface area contributed by atoms with Gasteiger partial charge in [0, 0.05) is 45.5 Å². The Balaban J connectivity index is 1.44. The van der Waals surface area contributed by atoms with Crippen LogP contribution in [0.5, 0.6) is 0 Å². The minimum absolute atomic E-state index is 1.01. The van der Waals surface area contributed by atoms with Crippen molar-refractivity contribution >= 4 is 0 Å². The zero-order chi connectivity index (χ0) is 11.5. The van der Waals surface area contributed by atoms with Crippen LogP contribution in [0.25, 0.3) is 0 Å². The summed E-state index contributed by atoms with van der Waals surface area (Å²) in [7, 11) is 0. The predicted molar refractivity (Wildman–Crippen MR) is 68.7 cm³/mol. The van der Waals surface area contributed by atoms with Gasteiger partial charge in [-0.1, -0.05) is 6.07 Å². The molecule has 0 unspecified atom stereocenters. The van der Waals surface area contributed by atoms with Gasteiger partial charge in [-0.05, 0) is 30.9 Å². The first-order valence-electron chi connectivity index (χ1n) is 6.75. The van der Waals surface area contributed by atoms with Gasteiger partial charge >= 0.3 is 0 Å². The van der Waals surface area contributed by atoms with Crippen LogP contribution in [0.1, 0.15) is 18.5 Å². The summed E-state index contributed by atoms with van der Waals surface area (Å²) in [6.45, 7) is 7.23. The van der Waals surface area contributed by atoms with Gasteiger partial charge in [0.25, 0.3) is 0 Å². The lowest BCUT2D eigenvalue weighted by atomic mass is 10.2. The molecule has 1 saturated carbocycles. The van der Waals surface area contributed by atoms with Gasteiger partial charge in [0.2, 0.25) is 0 Å². The summed E-state index contributed by atoms with van der Waals surface area (Å²) in [5.74, 6) is 1.03. The molecule has 0 amide bonds. The number of rotatable bonds is 4. The predicted octanol–water partition coefficient (Wildman–Crippen LogP) is 1.61. The molecule has 3 rings (SSSR count). The van der Waals surface area contributed by atoms with E-state index < -0.39 is 0 Å². The van der Waals surface area contributed by atoms with Crippen molar-refractivity contribution in [2.24, 2.45) is 5.92 Å². The van der Waals surface area contributed by atoms with Crippen LogP contribution >= 0.6 is 0 Å². The van der Waals surface area contributed by atoms with Gasteiger partial charge in [-0.2, -0.15) is 0 Å². The number of hydrogen-bond donors (Lipinski definition) is 0. The Labute approximate surface area is 103 Å². The Morgan fingerprint density at radius 2 is 1.82 bits per heavy atom. The second kappa shape index (κ2) is 5.15. The number of aromatic nitrogens is 1. The van der Waals surface area contributed by atoms with Crippen molar-refractivity contribution in [3.63, 3.8) is 0 Å². The third-order valence-electron chi connectivity index (χ3n) is 3.79. The molecular weight excluding hydrogens is 210 g/mol. The fraction of sp³-hybridized carbons (Fsp3) is 0.643. The van der Waals surface area contributed by atoms with Crippen LogP contribution in [0.3, 0.4) is 0 Å². The van der Waals surface area contributed by atoms with E-state index in [4.69, 9.17) is 0 Å². The van der Waals surface area contributed by atoms with Crippen molar-refractivity contribution in [2.75, 3.05) is 32.7 Å². The lowest BCUT2D eigenvalue weighted by Gasteiger charge is -2.34. The highest BCUT2D eigenvalue weighted by Gasteiger charge is 2.26. The van der Waals surface area contributed by atoms with Gasteiger partial charge < -0.3 is 4.90 Å². The maximum Gasteiger partial charge on any atom is 0.0543 e. The molecule has 1 aliphatic carbocycles. The zero-order valence-electron chi connectivity index (χ0n) is 10.4. The van der Waals surface area contributed by atoms with E-state index in [9.17, 15) is 0 Å². The summed E-state index contributed by atoms with van der Waals surface area (Å²) in [6.07, 6.45) is 4.82. The van der Waals surface area contributed by atoms with Crippen LogP contribution < -0.4 is 0 Å². The van der Waals surface area contributed by atoms with E-state index in [0.717, 1.165) is 12.5 Å². The van der Waals surface area contributed by atoms with Crippen LogP contribution in [0.15, 0.2) is 24.4 Å². The summed E-state index contributed by atoms with van der Waals surface area (Å²) >= 11 is 0. The summed E-state index contributed by atoms with van der Waals surface area (Å²) in [4.78, 5) is 9.55. The zero-order valence-corrected chi connectivity index (χ0v) is 10.4. The van der Waals surface area contributed by atoms with Crippen LogP contribution in [0.2, 0.25) is 0 Å². The van der Waals surface area contributed by atoms with Crippen molar-refractivity contribution in [1.29, 1.82) is 0 Å². The van der Waals surface area contributed by atoms with Gasteiger partial charge in [-0.25, -0.2) is 0 Å². The topological polar surface area (TPSA) is 19.4 Å². The number of hydrogen-bond acceptors (Lipinski definition) is 3. The van der Waals surface area contributed by atoms with E-state index in [2.05, 4.69) is 26.9 Å². The Morgan fingerprint density at radius 3 is 2.47 bits per heavy atom. The molecule has 1 aromatic heterocycles. The van der Waals surface area contributed by atoms with Gasteiger partial charge in [0.1, 0.15) is 0 Å². The molecule has 2 aliphatic rings. The fourth-order valence-corrected chi connectivity index (χ4v) is 2.52. The molecule has 3 heteroatoms. The molecule has 1 saturated heterocycles. The molecule has 3 nitrogen and oxygen atoms in total. The van der Waals surface area contributed by atoms with Crippen molar-refractivity contribution in [3.05, 3.63) is 30.1 Å². The quantitative estimate of drug-likeness (QED) is 0.785. The number of nitrogens with zero attached hydrogens (tertiary/aromatic N) is 3. The van der Waals surface area contributed by atoms with E-state index in [-0.39, 0.29) is 0 Å². The Morgan fingerprint density at radius 1 is 1.06 bits per heavy atom. The Bertz CT molecular complexity index is 340. The molecule has 2 heterocycles. The minimum Gasteiger partial charge on any atom is -0.301 e. The summed E-state index contributed by atoms with van der Waals surface area (Å²) in [5.41, 5.74) is 1.20. The number of pyridine rings is 1. The average Bonchev–Trinajstić information content (AvgIpc) is 3.17. The number of piperazine rings is 1. The molecule has 0 radical (unpaired) electrons. The molecule has 17 heavy (non-hydrogen) atoms. The lowest BCUT2D eigenvalue weighted by Crippen LogP contribution is -2.46. The van der Waals surface area contributed by atoms with Crippen molar-refractivity contribution in [3.8, 4) is 0 Å². The maximum absolute atomic E-state index is 4.39. The van der Waals surface area contributed by atoms with E-state index in [1.54, 1.807) is 0 Å². The first kappa shape index (κ1) is 11.2. The highest BCUT2D eigenvalue weighted by molar-refractivity contribution is 5.03. The summed E-state index contributed by atoms with van der Waals surface area (Å²) in [5, 5.41) is 0. The monoisotopic (exact) mass is 231 g/mol. The highest BCUT2D eigenvalue weighted by Crippen LogP contribution is 2.29. The molecule has 2 fully saturated rings. The first-order chi connectivity index (χ1) is 8.40. The van der Waals surface area contributed by atoms with Gasteiger partial charge in [0.15, 0.2) is 0 Å². The van der Waals surface area contributed by atoms with E-state index in [1.165, 1.54) is 51.3 Å². The van der Waals surface area contributed by atoms with Gasteiger partial charge in [-0.3, -0.25) is 9.88 Å². The first-order valence-corrected chi connectivity index (χ1v) is 6.75. The molecule has 1 aromatic rings. The Kier molecular flexibility index (Phi) is 3.39. The van der Waals surface area contributed by atoms with Crippen molar-refractivity contribution < 1.29 is 0 Å². The van der Waals surface area contributed by atoms with Crippen LogP contribution in [-0.4, -0.2) is 47.5 Å². The second-order valence-corrected chi connectivity index (χ2v) is 5.34. The molecule has 0 atom stereocenters. The molecule has 0 N–H and O–H groups in total. The van der Waals surface area contributed by atoms with Crippen molar-refractivity contribution in [2.45, 2.75) is 19.4 Å². The molecule has 92 valence electrons. The van der Waals surface area contributed by atoms with Gasteiger partial charge in [-0.15, -0.1) is 0 Å². The van der Waals surface area contributed by atoms with Crippen molar-refractivity contribution in [1.82, 2.24) is 14.8 Å². The van der Waals surface area contributed by atoms with Crippen LogP contribution in [0.4, 0.5) is 0 Å². The highest BCUT2D eigenvalue weighted by atomic mass is 15.3. The molecule has 0 spiro atoms. The molecule has 0 aromatic carbocycles. The van der Waals surface area contributed by atoms with Crippen LogP contribution in [0, 0.1) is 5.92 Å². The SMILES string of the molecule is c1ccc(CN2CCN(CC3CC3)CC2)nc1. The van der Waals surface area contributed by atoms with E-state index >= 15 is 0 Å². The molecule has 0 bridgehead atoms. The average molecular weight is 231 g/mol. The summed E-state index contributed by atoms with van der Waals surface area (Å²) < 4.78 is 0. The fourth-order valence-electron chi connectivity index (χ4n) is 2.52. The van der Waals surface area contributed by atoms with Crippen LogP contribution in [-0.2, 0) is 6.54 Å². The second-order valence-electron chi connectivity index (χ2n) is 5.34. The largest absolute Gasteiger partial charge is 0.301 e. The van der Waals surface area contributed by atoms with E-state index in [0.29, 0.717) is 0 Å². The van der Waals surface area contributed by atoms with Gasteiger partial charge in [0.05, 0.1) is 5.69 Å². The van der Waals surface area contributed by atoms with E-state index in [1.807, 2.05) is 12.3 Å². The molecular formula is C14H21N3. The summed E-state index contributed by atoms with van der Waals surface area (Å²) in [6, 6.07) is 6.18. The standard InChI is InChI=1S/C14H21N3/c1-2-6-15-14(3-1)12-17-9-7-16(8-10-17)11-13-4-5-13/h1-3,6,13H,4-5,7-12H2. The normalized spacial score (nSPS) is 22.8. The third kappa shape index (κ3) is 3.27. The lowest BCUT2D eigenvalue weighted by molar-refractivity contribution is 0.122. The minimum atomic E-state index is 1.01. The Hall–Kier alpha value is -0.930. The maximum atomic E-state index is 4.39. The molecule has 1 aliphatic heterocycles. The third-order valence-corrected chi connectivity index (χ3v) is 3.79.